The topological polar surface area (TPSA) is 38.3 Å². The first-order chi connectivity index (χ1) is 12.6. The van der Waals surface area contributed by atoms with Gasteiger partial charge in [0.1, 0.15) is 5.75 Å². The standard InChI is InChI=1S/C22H18ClNO2/c1-14-4-2-3-5-18(14)22(25)24-17-8-6-15(7-9-17)19-13-21-16(10-11-26-21)12-20(19)23/h2-9,12-13H,10-11H2,1H3,(H,24,25). The molecule has 1 N–H and O–H groups in total. The number of nitrogens with one attached hydrogen (secondary N) is 1. The summed E-state index contributed by atoms with van der Waals surface area (Å²) in [6.45, 7) is 2.63. The van der Waals surface area contributed by atoms with E-state index in [-0.39, 0.29) is 5.91 Å². The van der Waals surface area contributed by atoms with E-state index in [1.165, 1.54) is 0 Å². The largest absolute Gasteiger partial charge is 0.493 e. The van der Waals surface area contributed by atoms with E-state index in [4.69, 9.17) is 16.3 Å². The van der Waals surface area contributed by atoms with E-state index in [0.717, 1.165) is 40.1 Å². The lowest BCUT2D eigenvalue weighted by molar-refractivity contribution is 0.102. The molecule has 0 unspecified atom stereocenters. The van der Waals surface area contributed by atoms with E-state index in [9.17, 15) is 4.79 Å². The molecule has 0 spiro atoms. The molecule has 1 heterocycles. The van der Waals surface area contributed by atoms with Gasteiger partial charge in [-0.3, -0.25) is 4.79 Å². The number of ether oxygens (including phenoxy) is 1. The Labute approximate surface area is 157 Å². The molecular weight excluding hydrogens is 346 g/mol. The van der Waals surface area contributed by atoms with Crippen molar-refractivity contribution in [1.29, 1.82) is 0 Å². The lowest BCUT2D eigenvalue weighted by atomic mass is 10.0. The second-order valence-corrected chi connectivity index (χ2v) is 6.79. The number of amides is 1. The fourth-order valence-electron chi connectivity index (χ4n) is 3.18. The third-order valence-corrected chi connectivity index (χ3v) is 4.94. The Balaban J connectivity index is 1.56. The number of carbonyl (C=O) groups excluding carboxylic acids is 1. The van der Waals surface area contributed by atoms with Gasteiger partial charge in [-0.1, -0.05) is 41.9 Å². The Bertz CT molecular complexity index is 980. The molecule has 0 aromatic heterocycles. The molecule has 0 aliphatic carbocycles. The van der Waals surface area contributed by atoms with Gasteiger partial charge in [0.15, 0.2) is 0 Å². The van der Waals surface area contributed by atoms with Gasteiger partial charge in [-0.15, -0.1) is 0 Å². The summed E-state index contributed by atoms with van der Waals surface area (Å²) in [5.74, 6) is 0.793. The van der Waals surface area contributed by atoms with Gasteiger partial charge >= 0.3 is 0 Å². The van der Waals surface area contributed by atoms with E-state index in [1.54, 1.807) is 0 Å². The maximum absolute atomic E-state index is 12.4. The normalized spacial score (nSPS) is 12.4. The number of anilines is 1. The van der Waals surface area contributed by atoms with Crippen LogP contribution in [0.15, 0.2) is 60.7 Å². The van der Waals surface area contributed by atoms with Crippen LogP contribution in [0.25, 0.3) is 11.1 Å². The summed E-state index contributed by atoms with van der Waals surface area (Å²) in [7, 11) is 0. The van der Waals surface area contributed by atoms with Crippen LogP contribution in [0.1, 0.15) is 21.5 Å². The molecule has 3 nitrogen and oxygen atoms in total. The second kappa shape index (κ2) is 6.85. The molecule has 1 aliphatic heterocycles. The Morgan fingerprint density at radius 1 is 1.08 bits per heavy atom. The summed E-state index contributed by atoms with van der Waals surface area (Å²) in [5, 5.41) is 3.65. The number of hydrogen-bond donors (Lipinski definition) is 1. The van der Waals surface area contributed by atoms with E-state index >= 15 is 0 Å². The van der Waals surface area contributed by atoms with Gasteiger partial charge in [-0.2, -0.15) is 0 Å². The molecule has 26 heavy (non-hydrogen) atoms. The van der Waals surface area contributed by atoms with E-state index in [1.807, 2.05) is 67.6 Å². The molecule has 3 aromatic rings. The zero-order valence-electron chi connectivity index (χ0n) is 14.4. The molecule has 4 rings (SSSR count). The first kappa shape index (κ1) is 16.7. The van der Waals surface area contributed by atoms with Gasteiger partial charge in [0.2, 0.25) is 0 Å². The van der Waals surface area contributed by atoms with Crippen molar-refractivity contribution in [1.82, 2.24) is 0 Å². The fourth-order valence-corrected chi connectivity index (χ4v) is 3.47. The smallest absolute Gasteiger partial charge is 0.255 e. The molecule has 0 radical (unpaired) electrons. The van der Waals surface area contributed by atoms with Gasteiger partial charge in [-0.05, 0) is 53.9 Å². The highest BCUT2D eigenvalue weighted by atomic mass is 35.5. The van der Waals surface area contributed by atoms with Crippen LogP contribution in [-0.4, -0.2) is 12.5 Å². The molecule has 0 atom stereocenters. The van der Waals surface area contributed by atoms with Crippen molar-refractivity contribution < 1.29 is 9.53 Å². The molecule has 130 valence electrons. The maximum Gasteiger partial charge on any atom is 0.255 e. The van der Waals surface area contributed by atoms with Crippen molar-refractivity contribution >= 4 is 23.2 Å². The van der Waals surface area contributed by atoms with Crippen molar-refractivity contribution in [2.24, 2.45) is 0 Å². The third-order valence-electron chi connectivity index (χ3n) is 4.62. The zero-order valence-corrected chi connectivity index (χ0v) is 15.1. The van der Waals surface area contributed by atoms with Crippen LogP contribution in [0.5, 0.6) is 5.75 Å². The quantitative estimate of drug-likeness (QED) is 0.667. The predicted octanol–water partition coefficient (Wildman–Crippen LogP) is 5.50. The lowest BCUT2D eigenvalue weighted by Crippen LogP contribution is -2.13. The van der Waals surface area contributed by atoms with Gasteiger partial charge in [0.25, 0.3) is 5.91 Å². The van der Waals surface area contributed by atoms with Gasteiger partial charge in [-0.25, -0.2) is 0 Å². The Morgan fingerprint density at radius 2 is 1.85 bits per heavy atom. The highest BCUT2D eigenvalue weighted by Gasteiger charge is 2.16. The summed E-state index contributed by atoms with van der Waals surface area (Å²) in [4.78, 5) is 12.4. The Hall–Kier alpha value is -2.78. The molecule has 1 aliphatic rings. The Morgan fingerprint density at radius 3 is 2.62 bits per heavy atom. The van der Waals surface area contributed by atoms with Crippen LogP contribution in [0.2, 0.25) is 5.02 Å². The number of aryl methyl sites for hydroxylation is 1. The predicted molar refractivity (Wildman–Crippen MR) is 105 cm³/mol. The number of hydrogen-bond acceptors (Lipinski definition) is 2. The minimum atomic E-state index is -0.111. The summed E-state index contributed by atoms with van der Waals surface area (Å²) in [6.07, 6.45) is 0.902. The average Bonchev–Trinajstić information content (AvgIpc) is 3.09. The maximum atomic E-state index is 12.4. The summed E-state index contributed by atoms with van der Waals surface area (Å²) >= 11 is 6.44. The van der Waals surface area contributed by atoms with E-state index in [0.29, 0.717) is 17.2 Å². The molecule has 4 heteroatoms. The molecule has 1 amide bonds. The van der Waals surface area contributed by atoms with Crippen LogP contribution in [0.3, 0.4) is 0 Å². The fraction of sp³-hybridized carbons (Fsp3) is 0.136. The summed E-state index contributed by atoms with van der Waals surface area (Å²) < 4.78 is 5.64. The van der Waals surface area contributed by atoms with Crippen LogP contribution in [0.4, 0.5) is 5.69 Å². The van der Waals surface area contributed by atoms with Crippen LogP contribution in [-0.2, 0) is 6.42 Å². The highest BCUT2D eigenvalue weighted by Crippen LogP contribution is 2.37. The monoisotopic (exact) mass is 363 g/mol. The second-order valence-electron chi connectivity index (χ2n) is 6.38. The summed E-state index contributed by atoms with van der Waals surface area (Å²) in [6, 6.07) is 19.2. The van der Waals surface area contributed by atoms with Gasteiger partial charge in [0, 0.05) is 28.3 Å². The van der Waals surface area contributed by atoms with Crippen LogP contribution >= 0.6 is 11.6 Å². The van der Waals surface area contributed by atoms with E-state index in [2.05, 4.69) is 5.32 Å². The lowest BCUT2D eigenvalue weighted by Gasteiger charge is -2.10. The van der Waals surface area contributed by atoms with Crippen molar-refractivity contribution in [3.8, 4) is 16.9 Å². The number of fused-ring (bicyclic) bond motifs is 1. The minimum Gasteiger partial charge on any atom is -0.493 e. The van der Waals surface area contributed by atoms with Crippen molar-refractivity contribution in [2.45, 2.75) is 13.3 Å². The molecule has 3 aromatic carbocycles. The minimum absolute atomic E-state index is 0.111. The third kappa shape index (κ3) is 3.18. The van der Waals surface area contributed by atoms with Gasteiger partial charge < -0.3 is 10.1 Å². The molecule has 0 bridgehead atoms. The molecule has 0 saturated heterocycles. The number of benzene rings is 3. The Kier molecular flexibility index (Phi) is 4.39. The van der Waals surface area contributed by atoms with E-state index < -0.39 is 0 Å². The molecule has 0 saturated carbocycles. The SMILES string of the molecule is Cc1ccccc1C(=O)Nc1ccc(-c2cc3c(cc2Cl)CCO3)cc1. The average molecular weight is 364 g/mol. The zero-order chi connectivity index (χ0) is 18.1. The molecule has 0 fully saturated rings. The van der Waals surface area contributed by atoms with Crippen LogP contribution in [0, 0.1) is 6.92 Å². The number of halogens is 1. The first-order valence-electron chi connectivity index (χ1n) is 8.54. The van der Waals surface area contributed by atoms with Crippen molar-refractivity contribution in [3.63, 3.8) is 0 Å². The number of rotatable bonds is 3. The molecular formula is C22H18ClNO2. The number of carbonyl (C=O) groups is 1. The van der Waals surface area contributed by atoms with Gasteiger partial charge in [0.05, 0.1) is 6.61 Å². The highest BCUT2D eigenvalue weighted by molar-refractivity contribution is 6.33. The van der Waals surface area contributed by atoms with Crippen LogP contribution < -0.4 is 10.1 Å². The summed E-state index contributed by atoms with van der Waals surface area (Å²) in [5.41, 5.74) is 5.45. The van der Waals surface area contributed by atoms with Crippen molar-refractivity contribution in [3.05, 3.63) is 82.4 Å². The first-order valence-corrected chi connectivity index (χ1v) is 8.92. The van der Waals surface area contributed by atoms with Crippen molar-refractivity contribution in [2.75, 3.05) is 11.9 Å².